The molecule has 26 heavy (non-hydrogen) atoms. The standard InChI is InChI=1S/C18H14N2O3S3/c1-11-15(6-7-23-11)25-18-16-14(9-24-17(16)19-10-20-18)12-4-3-5-13(8-12)26(2,21)22/h3-10H,1-2H3. The van der Waals surface area contributed by atoms with Crippen molar-refractivity contribution in [1.82, 2.24) is 9.97 Å². The van der Waals surface area contributed by atoms with E-state index in [1.807, 2.05) is 24.4 Å². The molecule has 0 amide bonds. The summed E-state index contributed by atoms with van der Waals surface area (Å²) in [5.74, 6) is 0.831. The number of hydrogen-bond donors (Lipinski definition) is 0. The molecule has 0 unspecified atom stereocenters. The first-order valence-electron chi connectivity index (χ1n) is 7.68. The van der Waals surface area contributed by atoms with E-state index in [2.05, 4.69) is 9.97 Å². The molecular formula is C18H14N2O3S3. The summed E-state index contributed by atoms with van der Waals surface area (Å²) in [6.45, 7) is 1.91. The third-order valence-electron chi connectivity index (χ3n) is 3.93. The molecule has 0 saturated heterocycles. The average molecular weight is 403 g/mol. The highest BCUT2D eigenvalue weighted by molar-refractivity contribution is 7.99. The van der Waals surface area contributed by atoms with Crippen LogP contribution in [-0.2, 0) is 9.84 Å². The highest BCUT2D eigenvalue weighted by Crippen LogP contribution is 2.41. The molecule has 0 aliphatic rings. The van der Waals surface area contributed by atoms with E-state index in [4.69, 9.17) is 4.42 Å². The van der Waals surface area contributed by atoms with E-state index < -0.39 is 9.84 Å². The second-order valence-corrected chi connectivity index (χ2v) is 9.66. The Balaban J connectivity index is 1.88. The Kier molecular flexibility index (Phi) is 4.34. The maximum absolute atomic E-state index is 11.9. The van der Waals surface area contributed by atoms with Gasteiger partial charge in [-0.2, -0.15) is 0 Å². The van der Waals surface area contributed by atoms with E-state index >= 15 is 0 Å². The van der Waals surface area contributed by atoms with Gasteiger partial charge in [0.05, 0.1) is 21.4 Å². The first kappa shape index (κ1) is 17.3. The van der Waals surface area contributed by atoms with Gasteiger partial charge in [-0.15, -0.1) is 11.3 Å². The monoisotopic (exact) mass is 402 g/mol. The van der Waals surface area contributed by atoms with Crippen molar-refractivity contribution in [3.8, 4) is 11.1 Å². The van der Waals surface area contributed by atoms with Crippen molar-refractivity contribution in [1.29, 1.82) is 0 Å². The maximum atomic E-state index is 11.9. The molecule has 0 saturated carbocycles. The Labute approximate surface area is 159 Å². The van der Waals surface area contributed by atoms with Gasteiger partial charge in [-0.05, 0) is 30.7 Å². The molecule has 0 bridgehead atoms. The molecule has 0 radical (unpaired) electrons. The minimum Gasteiger partial charge on any atom is -0.468 e. The summed E-state index contributed by atoms with van der Waals surface area (Å²) >= 11 is 3.03. The van der Waals surface area contributed by atoms with Crippen molar-refractivity contribution >= 4 is 43.2 Å². The van der Waals surface area contributed by atoms with E-state index in [1.54, 1.807) is 30.8 Å². The molecule has 0 aliphatic heterocycles. The van der Waals surface area contributed by atoms with Crippen LogP contribution >= 0.6 is 23.1 Å². The van der Waals surface area contributed by atoms with Gasteiger partial charge in [0.25, 0.3) is 0 Å². The summed E-state index contributed by atoms with van der Waals surface area (Å²) in [6, 6.07) is 8.87. The van der Waals surface area contributed by atoms with Gasteiger partial charge in [0.2, 0.25) is 0 Å². The number of aromatic nitrogens is 2. The SMILES string of the molecule is Cc1occc1Sc1ncnc2scc(-c3cccc(S(C)(=O)=O)c3)c12. The second kappa shape index (κ2) is 6.53. The predicted molar refractivity (Wildman–Crippen MR) is 104 cm³/mol. The summed E-state index contributed by atoms with van der Waals surface area (Å²) in [6.07, 6.45) is 4.41. The van der Waals surface area contributed by atoms with Crippen molar-refractivity contribution in [2.24, 2.45) is 0 Å². The average Bonchev–Trinajstić information content (AvgIpc) is 3.21. The smallest absolute Gasteiger partial charge is 0.175 e. The van der Waals surface area contributed by atoms with Gasteiger partial charge in [-0.25, -0.2) is 18.4 Å². The van der Waals surface area contributed by atoms with Crippen LogP contribution in [0, 0.1) is 6.92 Å². The zero-order valence-corrected chi connectivity index (χ0v) is 16.4. The van der Waals surface area contributed by atoms with E-state index in [0.717, 1.165) is 37.0 Å². The van der Waals surface area contributed by atoms with Gasteiger partial charge in [-0.3, -0.25) is 0 Å². The van der Waals surface area contributed by atoms with Crippen LogP contribution in [0.25, 0.3) is 21.3 Å². The van der Waals surface area contributed by atoms with E-state index in [0.29, 0.717) is 4.90 Å². The first-order valence-corrected chi connectivity index (χ1v) is 11.3. The van der Waals surface area contributed by atoms with E-state index in [1.165, 1.54) is 29.4 Å². The molecule has 0 atom stereocenters. The normalized spacial score (nSPS) is 11.9. The molecule has 0 fully saturated rings. The number of fused-ring (bicyclic) bond motifs is 1. The molecule has 0 spiro atoms. The van der Waals surface area contributed by atoms with E-state index in [9.17, 15) is 8.42 Å². The van der Waals surface area contributed by atoms with Gasteiger partial charge in [-0.1, -0.05) is 23.9 Å². The van der Waals surface area contributed by atoms with Crippen molar-refractivity contribution in [3.63, 3.8) is 0 Å². The summed E-state index contributed by atoms with van der Waals surface area (Å²) < 4.78 is 29.2. The van der Waals surface area contributed by atoms with Gasteiger partial charge in [0.15, 0.2) is 9.84 Å². The molecule has 4 aromatic rings. The maximum Gasteiger partial charge on any atom is 0.175 e. The fraction of sp³-hybridized carbons (Fsp3) is 0.111. The third-order valence-corrected chi connectivity index (χ3v) is 7.07. The number of sulfone groups is 1. The highest BCUT2D eigenvalue weighted by atomic mass is 32.2. The number of hydrogen-bond acceptors (Lipinski definition) is 7. The summed E-state index contributed by atoms with van der Waals surface area (Å²) in [7, 11) is -3.27. The molecule has 3 heterocycles. The number of rotatable bonds is 4. The summed E-state index contributed by atoms with van der Waals surface area (Å²) in [5.41, 5.74) is 1.76. The van der Waals surface area contributed by atoms with Gasteiger partial charge >= 0.3 is 0 Å². The van der Waals surface area contributed by atoms with Crippen LogP contribution < -0.4 is 0 Å². The lowest BCUT2D eigenvalue weighted by Gasteiger charge is -2.06. The topological polar surface area (TPSA) is 73.1 Å². The van der Waals surface area contributed by atoms with Crippen LogP contribution in [0.4, 0.5) is 0 Å². The van der Waals surface area contributed by atoms with Crippen LogP contribution in [0.15, 0.2) is 67.5 Å². The molecule has 3 aromatic heterocycles. The number of furan rings is 1. The number of nitrogens with zero attached hydrogens (tertiary/aromatic N) is 2. The lowest BCUT2D eigenvalue weighted by molar-refractivity contribution is 0.527. The Hall–Kier alpha value is -2.16. The molecule has 132 valence electrons. The van der Waals surface area contributed by atoms with Crippen LogP contribution in [0.3, 0.4) is 0 Å². The Morgan fingerprint density at radius 1 is 1.19 bits per heavy atom. The fourth-order valence-corrected chi connectivity index (χ4v) is 5.19. The van der Waals surface area contributed by atoms with Gasteiger partial charge < -0.3 is 4.42 Å². The zero-order valence-electron chi connectivity index (χ0n) is 14.0. The van der Waals surface area contributed by atoms with Crippen molar-refractivity contribution in [2.45, 2.75) is 21.7 Å². The summed E-state index contributed by atoms with van der Waals surface area (Å²) in [5, 5.41) is 3.74. The lowest BCUT2D eigenvalue weighted by Crippen LogP contribution is -1.96. The lowest BCUT2D eigenvalue weighted by atomic mass is 10.1. The van der Waals surface area contributed by atoms with Crippen LogP contribution in [0.5, 0.6) is 0 Å². The minimum atomic E-state index is -3.27. The van der Waals surface area contributed by atoms with E-state index in [-0.39, 0.29) is 0 Å². The Bertz CT molecular complexity index is 1210. The minimum absolute atomic E-state index is 0.297. The molecule has 1 aromatic carbocycles. The first-order chi connectivity index (χ1) is 12.4. The van der Waals surface area contributed by atoms with Crippen LogP contribution in [0.1, 0.15) is 5.76 Å². The largest absolute Gasteiger partial charge is 0.468 e. The van der Waals surface area contributed by atoms with Crippen LogP contribution in [-0.4, -0.2) is 24.6 Å². The zero-order chi connectivity index (χ0) is 18.3. The third kappa shape index (κ3) is 3.15. The fourth-order valence-electron chi connectivity index (χ4n) is 2.62. The molecular weight excluding hydrogens is 388 g/mol. The number of benzene rings is 1. The molecule has 4 rings (SSSR count). The van der Waals surface area contributed by atoms with Crippen LogP contribution in [0.2, 0.25) is 0 Å². The van der Waals surface area contributed by atoms with Gasteiger partial charge in [0, 0.05) is 17.2 Å². The van der Waals surface area contributed by atoms with Gasteiger partial charge in [0.1, 0.15) is 21.9 Å². The summed E-state index contributed by atoms with van der Waals surface area (Å²) in [4.78, 5) is 11.0. The second-order valence-electron chi connectivity index (χ2n) is 5.75. The van der Waals surface area contributed by atoms with Crippen molar-refractivity contribution in [3.05, 3.63) is 54.1 Å². The highest BCUT2D eigenvalue weighted by Gasteiger charge is 2.17. The molecule has 8 heteroatoms. The molecule has 0 aliphatic carbocycles. The number of aryl methyl sites for hydroxylation is 1. The Morgan fingerprint density at radius 3 is 2.77 bits per heavy atom. The molecule has 0 N–H and O–H groups in total. The Morgan fingerprint density at radius 2 is 2.04 bits per heavy atom. The van der Waals surface area contributed by atoms with Crippen molar-refractivity contribution < 1.29 is 12.8 Å². The number of thiophene rings is 1. The quantitative estimate of drug-likeness (QED) is 0.456. The van der Waals surface area contributed by atoms with Crippen molar-refractivity contribution in [2.75, 3.05) is 6.26 Å². The predicted octanol–water partition coefficient (Wildman–Crippen LogP) is 4.81. The molecule has 5 nitrogen and oxygen atoms in total.